The molecule has 0 heterocycles. The molecule has 3 aromatic carbocycles. The maximum absolute atomic E-state index is 13.5. The van der Waals surface area contributed by atoms with E-state index in [9.17, 15) is 23.2 Å². The fraction of sp³-hybridized carbons (Fsp3) is 0.0800. The van der Waals surface area contributed by atoms with Crippen LogP contribution in [0.5, 0.6) is 0 Å². The van der Waals surface area contributed by atoms with E-state index in [1.807, 2.05) is 6.07 Å². The van der Waals surface area contributed by atoms with Crippen LogP contribution in [0, 0.1) is 11.6 Å². The number of fused-ring (bicyclic) bond motifs is 1. The Morgan fingerprint density at radius 3 is 2.16 bits per heavy atom. The minimum Gasteiger partial charge on any atom is -0.370 e. The first-order valence-corrected chi connectivity index (χ1v) is 9.88. The Labute approximate surface area is 182 Å². The van der Waals surface area contributed by atoms with Crippen molar-refractivity contribution in [2.45, 2.75) is 12.5 Å². The van der Waals surface area contributed by atoms with Crippen LogP contribution in [0.15, 0.2) is 84.6 Å². The van der Waals surface area contributed by atoms with Gasteiger partial charge in [0.25, 0.3) is 0 Å². The van der Waals surface area contributed by atoms with Gasteiger partial charge in [0.1, 0.15) is 17.7 Å². The van der Waals surface area contributed by atoms with Gasteiger partial charge in [0.05, 0.1) is 5.70 Å². The molecule has 160 valence electrons. The summed E-state index contributed by atoms with van der Waals surface area (Å²) in [6.45, 7) is 0. The number of nitrogens with one attached hydrogen (secondary N) is 2. The molecule has 0 saturated heterocycles. The van der Waals surface area contributed by atoms with Crippen molar-refractivity contribution in [2.24, 2.45) is 0 Å². The van der Waals surface area contributed by atoms with Crippen LogP contribution in [-0.4, -0.2) is 23.5 Å². The lowest BCUT2D eigenvalue weighted by Crippen LogP contribution is -2.44. The minimum atomic E-state index is -0.989. The monoisotopic (exact) mass is 432 g/mol. The van der Waals surface area contributed by atoms with E-state index >= 15 is 0 Å². The van der Waals surface area contributed by atoms with Crippen molar-refractivity contribution in [3.63, 3.8) is 0 Å². The molecule has 32 heavy (non-hydrogen) atoms. The third-order valence-electron chi connectivity index (χ3n) is 5.02. The predicted octanol–water partition coefficient (Wildman–Crippen LogP) is 4.07. The lowest BCUT2D eigenvalue weighted by Gasteiger charge is -2.23. The molecule has 1 amide bonds. The van der Waals surface area contributed by atoms with Gasteiger partial charge in [-0.3, -0.25) is 14.4 Å². The molecule has 0 aliphatic heterocycles. The standard InChI is InChI=1S/C25H18F2N2O3/c26-16-11-17(27)13-18(12-16)28-25(32)22(10-15-6-2-1-3-7-15)29-21-14-23(30)19-8-4-5-9-20(19)24(21)31/h1-9,11-14,22,29H,10H2,(H,28,32)/t22-/m1/s1. The van der Waals surface area contributed by atoms with Crippen LogP contribution < -0.4 is 10.6 Å². The molecule has 2 N–H and O–H groups in total. The summed E-state index contributed by atoms with van der Waals surface area (Å²) >= 11 is 0. The Morgan fingerprint density at radius 2 is 1.47 bits per heavy atom. The van der Waals surface area contributed by atoms with Crippen molar-refractivity contribution >= 4 is 23.2 Å². The maximum atomic E-state index is 13.5. The molecule has 3 aromatic rings. The number of allylic oxidation sites excluding steroid dienone is 2. The van der Waals surface area contributed by atoms with Crippen molar-refractivity contribution < 1.29 is 23.2 Å². The highest BCUT2D eigenvalue weighted by atomic mass is 19.1. The van der Waals surface area contributed by atoms with Gasteiger partial charge in [-0.25, -0.2) is 8.78 Å². The Kier molecular flexibility index (Phi) is 5.89. The second-order valence-electron chi connectivity index (χ2n) is 7.33. The molecular weight excluding hydrogens is 414 g/mol. The largest absolute Gasteiger partial charge is 0.370 e. The molecule has 0 radical (unpaired) electrons. The van der Waals surface area contributed by atoms with Gasteiger partial charge < -0.3 is 10.6 Å². The normalized spacial score (nSPS) is 13.8. The lowest BCUT2D eigenvalue weighted by molar-refractivity contribution is -0.117. The maximum Gasteiger partial charge on any atom is 0.247 e. The summed E-state index contributed by atoms with van der Waals surface area (Å²) in [4.78, 5) is 38.4. The lowest BCUT2D eigenvalue weighted by atomic mass is 9.92. The molecule has 1 atom stereocenters. The van der Waals surface area contributed by atoms with E-state index < -0.39 is 29.4 Å². The number of carbonyl (C=O) groups is 3. The van der Waals surface area contributed by atoms with E-state index in [0.29, 0.717) is 11.6 Å². The van der Waals surface area contributed by atoms with E-state index in [2.05, 4.69) is 10.6 Å². The van der Waals surface area contributed by atoms with Crippen molar-refractivity contribution in [3.8, 4) is 0 Å². The van der Waals surface area contributed by atoms with Crippen LogP contribution in [0.25, 0.3) is 0 Å². The highest BCUT2D eigenvalue weighted by Gasteiger charge is 2.29. The quantitative estimate of drug-likeness (QED) is 0.616. The topological polar surface area (TPSA) is 75.3 Å². The fourth-order valence-electron chi connectivity index (χ4n) is 3.52. The summed E-state index contributed by atoms with van der Waals surface area (Å²) in [6, 6.07) is 17.2. The average molecular weight is 432 g/mol. The van der Waals surface area contributed by atoms with E-state index in [1.165, 1.54) is 0 Å². The molecule has 5 nitrogen and oxygen atoms in total. The molecule has 0 unspecified atom stereocenters. The zero-order valence-corrected chi connectivity index (χ0v) is 16.8. The first-order chi connectivity index (χ1) is 15.4. The van der Waals surface area contributed by atoms with Gasteiger partial charge >= 0.3 is 0 Å². The molecule has 4 rings (SSSR count). The Morgan fingerprint density at radius 1 is 0.844 bits per heavy atom. The van der Waals surface area contributed by atoms with Gasteiger partial charge in [-0.15, -0.1) is 0 Å². The van der Waals surface area contributed by atoms with E-state index in [4.69, 9.17) is 0 Å². The van der Waals surface area contributed by atoms with Crippen molar-refractivity contribution in [1.82, 2.24) is 5.32 Å². The zero-order valence-electron chi connectivity index (χ0n) is 16.8. The SMILES string of the molecule is O=C1C=C(N[C@H](Cc2ccccc2)C(=O)Nc2cc(F)cc(F)c2)C(=O)c2ccccc21. The van der Waals surface area contributed by atoms with Crippen molar-refractivity contribution in [2.75, 3.05) is 5.32 Å². The molecule has 0 fully saturated rings. The summed E-state index contributed by atoms with van der Waals surface area (Å²) in [5, 5.41) is 5.34. The van der Waals surface area contributed by atoms with Crippen molar-refractivity contribution in [3.05, 3.63) is 113 Å². The van der Waals surface area contributed by atoms with Crippen LogP contribution in [0.2, 0.25) is 0 Å². The molecular formula is C25H18F2N2O3. The highest BCUT2D eigenvalue weighted by molar-refractivity contribution is 6.24. The summed E-state index contributed by atoms with van der Waals surface area (Å²) in [7, 11) is 0. The van der Waals surface area contributed by atoms with Gasteiger partial charge in [-0.2, -0.15) is 0 Å². The second-order valence-corrected chi connectivity index (χ2v) is 7.33. The number of anilines is 1. The molecule has 7 heteroatoms. The third kappa shape index (κ3) is 4.62. The average Bonchev–Trinajstić information content (AvgIpc) is 2.77. The zero-order chi connectivity index (χ0) is 22.7. The number of carbonyl (C=O) groups excluding carboxylic acids is 3. The summed E-state index contributed by atoms with van der Waals surface area (Å²) < 4.78 is 27.1. The highest BCUT2D eigenvalue weighted by Crippen LogP contribution is 2.21. The van der Waals surface area contributed by atoms with Crippen LogP contribution in [0.3, 0.4) is 0 Å². The number of benzene rings is 3. The van der Waals surface area contributed by atoms with E-state index in [1.54, 1.807) is 48.5 Å². The van der Waals surface area contributed by atoms with Gasteiger partial charge in [0, 0.05) is 35.4 Å². The molecule has 0 saturated carbocycles. The molecule has 0 spiro atoms. The fourth-order valence-corrected chi connectivity index (χ4v) is 3.52. The number of hydrogen-bond acceptors (Lipinski definition) is 4. The van der Waals surface area contributed by atoms with Gasteiger partial charge in [0.2, 0.25) is 11.7 Å². The van der Waals surface area contributed by atoms with Crippen molar-refractivity contribution in [1.29, 1.82) is 0 Å². The van der Waals surface area contributed by atoms with E-state index in [0.717, 1.165) is 23.8 Å². The second kappa shape index (κ2) is 8.93. The first-order valence-electron chi connectivity index (χ1n) is 9.88. The number of hydrogen-bond donors (Lipinski definition) is 2. The van der Waals surface area contributed by atoms with Crippen LogP contribution in [0.1, 0.15) is 26.3 Å². The number of Topliss-reactive ketones (excluding diaryl/α,β-unsaturated/α-hetero) is 1. The molecule has 0 aromatic heterocycles. The van der Waals surface area contributed by atoms with Crippen LogP contribution in [-0.2, 0) is 11.2 Å². The molecule has 0 bridgehead atoms. The Balaban J connectivity index is 1.62. The smallest absolute Gasteiger partial charge is 0.247 e. The van der Waals surface area contributed by atoms with E-state index in [-0.39, 0.29) is 29.2 Å². The number of ketones is 2. The van der Waals surface area contributed by atoms with Gasteiger partial charge in [-0.05, 0) is 17.7 Å². The Bertz CT molecular complexity index is 1220. The molecule has 1 aliphatic rings. The number of halogens is 2. The van der Waals surface area contributed by atoms with Gasteiger partial charge in [-0.1, -0.05) is 54.6 Å². The summed E-state index contributed by atoms with van der Waals surface area (Å²) in [6.07, 6.45) is 1.34. The number of amides is 1. The summed E-state index contributed by atoms with van der Waals surface area (Å²) in [5.74, 6) is -3.05. The Hall–Kier alpha value is -4.13. The van der Waals surface area contributed by atoms with Gasteiger partial charge in [0.15, 0.2) is 5.78 Å². The number of rotatable bonds is 6. The third-order valence-corrected chi connectivity index (χ3v) is 5.02. The van der Waals surface area contributed by atoms with Crippen LogP contribution in [0.4, 0.5) is 14.5 Å². The van der Waals surface area contributed by atoms with Crippen LogP contribution >= 0.6 is 0 Å². The summed E-state index contributed by atoms with van der Waals surface area (Å²) in [5.41, 5.74) is 1.25. The molecule has 1 aliphatic carbocycles. The minimum absolute atomic E-state index is 0.0183. The first kappa shape index (κ1) is 21.1. The predicted molar refractivity (Wildman–Crippen MR) is 115 cm³/mol.